The smallest absolute Gasteiger partial charge is 0.390 e. The number of tetrazole rings is 2. The van der Waals surface area contributed by atoms with Crippen molar-refractivity contribution in [3.05, 3.63) is 30.3 Å². The van der Waals surface area contributed by atoms with Crippen LogP contribution in [-0.4, -0.2) is 60.3 Å². The Hall–Kier alpha value is -3.86. The predicted molar refractivity (Wildman–Crippen MR) is 57.8 cm³/mol. The molecule has 0 aliphatic rings. The lowest BCUT2D eigenvalue weighted by molar-refractivity contribution is -0.672. The van der Waals surface area contributed by atoms with Crippen LogP contribution in [0.5, 0.6) is 0 Å². The van der Waals surface area contributed by atoms with Gasteiger partial charge in [0, 0.05) is 10.4 Å². The number of hydrazine groups is 1. The lowest BCUT2D eigenvalue weighted by Crippen LogP contribution is -2.35. The minimum Gasteiger partial charge on any atom is -0.390 e. The van der Waals surface area contributed by atoms with Crippen molar-refractivity contribution in [1.29, 1.82) is 0 Å². The fraction of sp³-hybridized carbons (Fsp3) is 0.500. The van der Waals surface area contributed by atoms with E-state index in [1.54, 1.807) is 0 Å². The third-order valence-electron chi connectivity index (χ3n) is 2.18. The van der Waals surface area contributed by atoms with Gasteiger partial charge in [-0.1, -0.05) is 14.4 Å². The molecule has 0 fully saturated rings. The quantitative estimate of drug-likeness (QED) is 0.383. The summed E-state index contributed by atoms with van der Waals surface area (Å²) >= 11 is 0. The maximum Gasteiger partial charge on any atom is 0.481 e. The van der Waals surface area contributed by atoms with Crippen LogP contribution in [-0.2, 0) is 13.3 Å². The number of hydrogen-bond acceptors (Lipinski definition) is 12. The molecule has 0 bridgehead atoms. The van der Waals surface area contributed by atoms with Gasteiger partial charge in [-0.15, -0.1) is 0 Å². The summed E-state index contributed by atoms with van der Waals surface area (Å²) in [5.74, 6) is -1.67. The van der Waals surface area contributed by atoms with Gasteiger partial charge < -0.3 is 20.2 Å². The minimum atomic E-state index is -0.961. The van der Waals surface area contributed by atoms with Gasteiger partial charge in [0.15, 0.2) is 5.03 Å². The van der Waals surface area contributed by atoms with Gasteiger partial charge in [0.1, 0.15) is 0 Å². The van der Waals surface area contributed by atoms with Crippen LogP contribution in [0.1, 0.15) is 0 Å². The Morgan fingerprint density at radius 3 is 1.59 bits per heavy atom. The second-order valence-electron chi connectivity index (χ2n) is 3.50. The summed E-state index contributed by atoms with van der Waals surface area (Å²) in [6.45, 7) is -1.51. The minimum absolute atomic E-state index is 0.340. The Labute approximate surface area is 117 Å². The lowest BCUT2D eigenvalue weighted by atomic mass is 10.8. The molecule has 0 aromatic carbocycles. The number of nitro groups is 3. The first-order valence-electron chi connectivity index (χ1n) is 5.10. The number of hydrogen-bond donors (Lipinski definition) is 0. The molecule has 2 rings (SSSR count). The summed E-state index contributed by atoms with van der Waals surface area (Å²) in [6.07, 6.45) is 0. The SMILES string of the molecule is O=[N+]([O-])c1nnnn1CN(Cn1nnnc1[N+](=O)[O-])[N+](=O)[O-]. The van der Waals surface area contributed by atoms with E-state index in [0.717, 1.165) is 0 Å². The highest BCUT2D eigenvalue weighted by Crippen LogP contribution is 2.08. The van der Waals surface area contributed by atoms with Crippen LogP contribution in [0.15, 0.2) is 0 Å². The summed E-state index contributed by atoms with van der Waals surface area (Å²) < 4.78 is 1.05. The molecule has 0 aliphatic heterocycles. The van der Waals surface area contributed by atoms with Gasteiger partial charge in [0.05, 0.1) is 20.6 Å². The highest BCUT2D eigenvalue weighted by molar-refractivity contribution is 4.97. The van der Waals surface area contributed by atoms with E-state index in [4.69, 9.17) is 0 Å². The van der Waals surface area contributed by atoms with Gasteiger partial charge in [-0.2, -0.15) is 0 Å². The van der Waals surface area contributed by atoms with Crippen molar-refractivity contribution in [2.45, 2.75) is 13.3 Å². The molecule has 22 heavy (non-hydrogen) atoms. The molecule has 18 heteroatoms. The molecule has 0 radical (unpaired) electrons. The molecule has 0 amide bonds. The monoisotopic (exact) mass is 316 g/mol. The molecule has 0 spiro atoms. The zero-order chi connectivity index (χ0) is 16.3. The first-order valence-corrected chi connectivity index (χ1v) is 5.10. The van der Waals surface area contributed by atoms with E-state index in [1.165, 1.54) is 0 Å². The Kier molecular flexibility index (Phi) is 3.73. The number of nitrogens with zero attached hydrogens (tertiary/aromatic N) is 12. The molecule has 116 valence electrons. The fourth-order valence-electron chi connectivity index (χ4n) is 1.30. The van der Waals surface area contributed by atoms with E-state index < -0.39 is 40.1 Å². The van der Waals surface area contributed by atoms with Crippen LogP contribution >= 0.6 is 0 Å². The van der Waals surface area contributed by atoms with E-state index in [9.17, 15) is 30.3 Å². The van der Waals surface area contributed by atoms with Crippen molar-refractivity contribution in [1.82, 2.24) is 45.4 Å². The Balaban J connectivity index is 2.22. The molecule has 0 saturated carbocycles. The number of rotatable bonds is 7. The first-order chi connectivity index (χ1) is 10.4. The third kappa shape index (κ3) is 2.83. The second-order valence-corrected chi connectivity index (χ2v) is 3.50. The summed E-state index contributed by atoms with van der Waals surface area (Å²) in [5.41, 5.74) is 0. The Morgan fingerprint density at radius 1 is 0.864 bits per heavy atom. The zero-order valence-corrected chi connectivity index (χ0v) is 10.2. The van der Waals surface area contributed by atoms with Crippen molar-refractivity contribution < 1.29 is 14.9 Å². The van der Waals surface area contributed by atoms with Gasteiger partial charge in [-0.25, -0.2) is 10.1 Å². The van der Waals surface area contributed by atoms with Crippen molar-refractivity contribution in [2.75, 3.05) is 0 Å². The maximum atomic E-state index is 10.9. The van der Waals surface area contributed by atoms with Crippen LogP contribution in [0.25, 0.3) is 0 Å². The maximum absolute atomic E-state index is 10.9. The summed E-state index contributed by atoms with van der Waals surface area (Å²) in [4.78, 5) is 30.3. The second kappa shape index (κ2) is 5.64. The molecule has 2 heterocycles. The van der Waals surface area contributed by atoms with E-state index in [0.29, 0.717) is 14.4 Å². The lowest BCUT2D eigenvalue weighted by Gasteiger charge is -2.09. The molecule has 0 unspecified atom stereocenters. The molecule has 0 N–H and O–H groups in total. The van der Waals surface area contributed by atoms with Crippen molar-refractivity contribution in [3.8, 4) is 0 Å². The summed E-state index contributed by atoms with van der Waals surface area (Å²) in [7, 11) is 0. The van der Waals surface area contributed by atoms with Crippen LogP contribution < -0.4 is 0 Å². The highest BCUT2D eigenvalue weighted by Gasteiger charge is 2.30. The van der Waals surface area contributed by atoms with Crippen molar-refractivity contribution >= 4 is 11.9 Å². The zero-order valence-electron chi connectivity index (χ0n) is 10.2. The normalized spacial score (nSPS) is 10.4. The van der Waals surface area contributed by atoms with Crippen molar-refractivity contribution in [3.63, 3.8) is 0 Å². The Bertz CT molecular complexity index is 665. The van der Waals surface area contributed by atoms with E-state index in [1.807, 2.05) is 0 Å². The molecule has 2 aromatic heterocycles. The molecule has 0 atom stereocenters. The van der Waals surface area contributed by atoms with E-state index in [2.05, 4.69) is 31.1 Å². The largest absolute Gasteiger partial charge is 0.481 e. The van der Waals surface area contributed by atoms with Gasteiger partial charge in [-0.05, 0) is 9.85 Å². The molecule has 18 nitrogen and oxygen atoms in total. The van der Waals surface area contributed by atoms with Gasteiger partial charge in [0.25, 0.3) is 0 Å². The molecule has 0 saturated heterocycles. The number of aromatic nitrogens is 8. The molecular weight excluding hydrogens is 312 g/mol. The standard InChI is InChI=1S/C4H4N12O6/c17-14(18)3-5-7-9-12(3)1-11(16(21)22)2-13-4(15(19)20)6-8-10-13/h1-2H2. The summed E-state index contributed by atoms with van der Waals surface area (Å²) in [5, 5.41) is 50.2. The van der Waals surface area contributed by atoms with E-state index in [-0.39, 0.29) is 0 Å². The fourth-order valence-corrected chi connectivity index (χ4v) is 1.30. The van der Waals surface area contributed by atoms with Gasteiger partial charge >= 0.3 is 11.9 Å². The van der Waals surface area contributed by atoms with Gasteiger partial charge in [-0.3, -0.25) is 0 Å². The van der Waals surface area contributed by atoms with Crippen LogP contribution in [0.2, 0.25) is 0 Å². The molecule has 2 aromatic rings. The predicted octanol–water partition coefficient (Wildman–Crippen LogP) is -2.42. The average molecular weight is 316 g/mol. The topological polar surface area (TPSA) is 220 Å². The Morgan fingerprint density at radius 2 is 1.27 bits per heavy atom. The van der Waals surface area contributed by atoms with Crippen LogP contribution in [0.3, 0.4) is 0 Å². The van der Waals surface area contributed by atoms with E-state index >= 15 is 0 Å². The molecule has 0 aliphatic carbocycles. The van der Waals surface area contributed by atoms with Crippen LogP contribution in [0, 0.1) is 30.3 Å². The summed E-state index contributed by atoms with van der Waals surface area (Å²) in [6, 6.07) is 0. The van der Waals surface area contributed by atoms with Crippen molar-refractivity contribution in [2.24, 2.45) is 0 Å². The first kappa shape index (κ1) is 14.5. The molecular formula is C4H4N12O6. The third-order valence-corrected chi connectivity index (χ3v) is 2.18. The van der Waals surface area contributed by atoms with Gasteiger partial charge in [0.2, 0.25) is 13.3 Å². The highest BCUT2D eigenvalue weighted by atomic mass is 16.7. The average Bonchev–Trinajstić information content (AvgIpc) is 3.06. The van der Waals surface area contributed by atoms with Crippen LogP contribution in [0.4, 0.5) is 11.9 Å².